The van der Waals surface area contributed by atoms with Gasteiger partial charge in [-0.2, -0.15) is 4.98 Å². The van der Waals surface area contributed by atoms with E-state index in [0.717, 1.165) is 23.4 Å². The number of nitrogens with two attached hydrogens (primary N) is 1. The van der Waals surface area contributed by atoms with Crippen molar-refractivity contribution in [3.8, 4) is 0 Å². The summed E-state index contributed by atoms with van der Waals surface area (Å²) in [4.78, 5) is 10.2. The number of anilines is 2. The Morgan fingerprint density at radius 2 is 1.94 bits per heavy atom. The van der Waals surface area contributed by atoms with Gasteiger partial charge >= 0.3 is 0 Å². The normalized spacial score (nSPS) is 13.8. The van der Waals surface area contributed by atoms with Crippen LogP contribution in [-0.4, -0.2) is 9.97 Å². The molecule has 1 aromatic carbocycles. The van der Waals surface area contributed by atoms with Crippen LogP contribution < -0.4 is 10.6 Å². The van der Waals surface area contributed by atoms with E-state index in [0.29, 0.717) is 5.15 Å². The molecular formula is C12H10BrClN4. The van der Waals surface area contributed by atoms with Crippen molar-refractivity contribution < 1.29 is 0 Å². The minimum Gasteiger partial charge on any atom is -0.368 e. The lowest BCUT2D eigenvalue weighted by molar-refractivity contribution is 0.853. The number of halogens is 2. The quantitative estimate of drug-likeness (QED) is 0.819. The van der Waals surface area contributed by atoms with Crippen molar-refractivity contribution in [2.24, 2.45) is 0 Å². The van der Waals surface area contributed by atoms with Gasteiger partial charge in [-0.05, 0) is 23.3 Å². The molecule has 0 unspecified atom stereocenters. The van der Waals surface area contributed by atoms with Gasteiger partial charge < -0.3 is 10.6 Å². The number of benzene rings is 1. The smallest absolute Gasteiger partial charge is 0.223 e. The maximum atomic E-state index is 5.90. The standard InChI is InChI=1S/C12H10BrClN4/c13-9-2-1-7-5-18(6-8(7)3-9)11-4-10(14)16-12(15)17-11/h1-4H,5-6H2,(H2,15,16,17). The number of hydrogen-bond donors (Lipinski definition) is 1. The van der Waals surface area contributed by atoms with Crippen LogP contribution in [0.25, 0.3) is 0 Å². The Balaban J connectivity index is 1.93. The van der Waals surface area contributed by atoms with Gasteiger partial charge in [-0.25, -0.2) is 4.98 Å². The molecule has 6 heteroatoms. The van der Waals surface area contributed by atoms with E-state index in [2.05, 4.69) is 42.9 Å². The number of nitrogens with zero attached hydrogens (tertiary/aromatic N) is 3. The molecule has 0 atom stereocenters. The minimum atomic E-state index is 0.203. The summed E-state index contributed by atoms with van der Waals surface area (Å²) in [6, 6.07) is 8.02. The van der Waals surface area contributed by atoms with Crippen LogP contribution in [-0.2, 0) is 13.1 Å². The van der Waals surface area contributed by atoms with Crippen LogP contribution >= 0.6 is 27.5 Å². The zero-order valence-electron chi connectivity index (χ0n) is 9.40. The van der Waals surface area contributed by atoms with E-state index in [1.807, 2.05) is 6.07 Å². The molecule has 0 bridgehead atoms. The van der Waals surface area contributed by atoms with Gasteiger partial charge in [0.2, 0.25) is 5.95 Å². The third-order valence-electron chi connectivity index (χ3n) is 2.91. The number of fused-ring (bicyclic) bond motifs is 1. The Morgan fingerprint density at radius 1 is 1.17 bits per heavy atom. The van der Waals surface area contributed by atoms with E-state index < -0.39 is 0 Å². The molecule has 2 aromatic rings. The molecule has 0 radical (unpaired) electrons. The molecule has 0 aliphatic carbocycles. The Bertz CT molecular complexity index is 597. The number of nitrogen functional groups attached to an aromatic ring is 1. The second kappa shape index (κ2) is 4.40. The fourth-order valence-electron chi connectivity index (χ4n) is 2.11. The van der Waals surface area contributed by atoms with Crippen molar-refractivity contribution in [2.75, 3.05) is 10.6 Å². The Kier molecular flexibility index (Phi) is 2.87. The van der Waals surface area contributed by atoms with Gasteiger partial charge in [0.25, 0.3) is 0 Å². The lowest BCUT2D eigenvalue weighted by Gasteiger charge is -2.16. The predicted octanol–water partition coefficient (Wildman–Crippen LogP) is 2.99. The second-order valence-corrected chi connectivity index (χ2v) is 5.48. The lowest BCUT2D eigenvalue weighted by atomic mass is 10.1. The summed E-state index contributed by atoms with van der Waals surface area (Å²) in [5, 5.41) is 0.370. The molecule has 4 nitrogen and oxygen atoms in total. The van der Waals surface area contributed by atoms with Gasteiger partial charge in [-0.15, -0.1) is 0 Å². The van der Waals surface area contributed by atoms with Crippen molar-refractivity contribution >= 4 is 39.3 Å². The van der Waals surface area contributed by atoms with Gasteiger partial charge in [0.1, 0.15) is 11.0 Å². The molecule has 1 aromatic heterocycles. The fourth-order valence-corrected chi connectivity index (χ4v) is 2.70. The summed E-state index contributed by atoms with van der Waals surface area (Å²) in [6.45, 7) is 1.62. The summed E-state index contributed by atoms with van der Waals surface area (Å²) < 4.78 is 1.09. The van der Waals surface area contributed by atoms with E-state index >= 15 is 0 Å². The lowest BCUT2D eigenvalue weighted by Crippen LogP contribution is -2.16. The first-order chi connectivity index (χ1) is 8.61. The highest BCUT2D eigenvalue weighted by Crippen LogP contribution is 2.30. The molecule has 2 heterocycles. The van der Waals surface area contributed by atoms with Crippen LogP contribution in [0.1, 0.15) is 11.1 Å². The zero-order chi connectivity index (χ0) is 12.7. The monoisotopic (exact) mass is 324 g/mol. The average molecular weight is 326 g/mol. The highest BCUT2D eigenvalue weighted by atomic mass is 79.9. The van der Waals surface area contributed by atoms with E-state index in [1.54, 1.807) is 6.07 Å². The topological polar surface area (TPSA) is 55.0 Å². The third kappa shape index (κ3) is 2.15. The van der Waals surface area contributed by atoms with E-state index in [9.17, 15) is 0 Å². The summed E-state index contributed by atoms with van der Waals surface area (Å²) in [5.41, 5.74) is 8.20. The van der Waals surface area contributed by atoms with Gasteiger partial charge in [-0.1, -0.05) is 33.6 Å². The maximum Gasteiger partial charge on any atom is 0.223 e. The minimum absolute atomic E-state index is 0.203. The number of rotatable bonds is 1. The van der Waals surface area contributed by atoms with Crippen LogP contribution in [0.3, 0.4) is 0 Å². The van der Waals surface area contributed by atoms with Gasteiger partial charge in [-0.3, -0.25) is 0 Å². The molecule has 2 N–H and O–H groups in total. The Hall–Kier alpha value is -1.33. The molecule has 0 fully saturated rings. The van der Waals surface area contributed by atoms with Crippen LogP contribution in [0.5, 0.6) is 0 Å². The van der Waals surface area contributed by atoms with Crippen molar-refractivity contribution in [3.05, 3.63) is 45.0 Å². The molecule has 1 aliphatic heterocycles. The van der Waals surface area contributed by atoms with E-state index in [-0.39, 0.29) is 5.95 Å². The fraction of sp³-hybridized carbons (Fsp3) is 0.167. The van der Waals surface area contributed by atoms with Gasteiger partial charge in [0.15, 0.2) is 0 Å². The van der Waals surface area contributed by atoms with Crippen LogP contribution in [0.4, 0.5) is 11.8 Å². The predicted molar refractivity (Wildman–Crippen MR) is 75.5 cm³/mol. The van der Waals surface area contributed by atoms with Crippen molar-refractivity contribution in [1.82, 2.24) is 9.97 Å². The molecule has 3 rings (SSSR count). The highest BCUT2D eigenvalue weighted by molar-refractivity contribution is 9.10. The number of aromatic nitrogens is 2. The molecule has 1 aliphatic rings. The first kappa shape index (κ1) is 11.7. The van der Waals surface area contributed by atoms with Gasteiger partial charge in [0, 0.05) is 23.6 Å². The Morgan fingerprint density at radius 3 is 2.72 bits per heavy atom. The van der Waals surface area contributed by atoms with Crippen molar-refractivity contribution in [3.63, 3.8) is 0 Å². The van der Waals surface area contributed by atoms with Crippen molar-refractivity contribution in [2.45, 2.75) is 13.1 Å². The number of hydrogen-bond acceptors (Lipinski definition) is 4. The summed E-state index contributed by atoms with van der Waals surface area (Å²) in [6.07, 6.45) is 0. The summed E-state index contributed by atoms with van der Waals surface area (Å²) in [5.74, 6) is 0.967. The van der Waals surface area contributed by atoms with Gasteiger partial charge in [0.05, 0.1) is 0 Å². The molecular weight excluding hydrogens is 316 g/mol. The Labute approximate surface area is 118 Å². The molecule has 0 saturated carbocycles. The molecule has 18 heavy (non-hydrogen) atoms. The maximum absolute atomic E-state index is 5.90. The summed E-state index contributed by atoms with van der Waals surface area (Å²) >= 11 is 9.38. The first-order valence-corrected chi connectivity index (χ1v) is 6.61. The summed E-state index contributed by atoms with van der Waals surface area (Å²) in [7, 11) is 0. The van der Waals surface area contributed by atoms with Crippen LogP contribution in [0, 0.1) is 0 Å². The van der Waals surface area contributed by atoms with E-state index in [4.69, 9.17) is 17.3 Å². The first-order valence-electron chi connectivity index (χ1n) is 5.44. The largest absolute Gasteiger partial charge is 0.368 e. The second-order valence-electron chi connectivity index (χ2n) is 4.18. The van der Waals surface area contributed by atoms with Crippen LogP contribution in [0.2, 0.25) is 5.15 Å². The highest BCUT2D eigenvalue weighted by Gasteiger charge is 2.20. The zero-order valence-corrected chi connectivity index (χ0v) is 11.7. The van der Waals surface area contributed by atoms with Crippen molar-refractivity contribution in [1.29, 1.82) is 0 Å². The third-order valence-corrected chi connectivity index (χ3v) is 3.60. The molecule has 92 valence electrons. The molecule has 0 spiro atoms. The molecule has 0 amide bonds. The average Bonchev–Trinajstić information content (AvgIpc) is 2.70. The van der Waals surface area contributed by atoms with E-state index in [1.165, 1.54) is 11.1 Å². The van der Waals surface area contributed by atoms with Crippen LogP contribution in [0.15, 0.2) is 28.7 Å². The SMILES string of the molecule is Nc1nc(Cl)cc(N2Cc3ccc(Br)cc3C2)n1. The molecule has 0 saturated heterocycles.